The van der Waals surface area contributed by atoms with Gasteiger partial charge in [-0.05, 0) is 42.5 Å². The van der Waals surface area contributed by atoms with E-state index in [2.05, 4.69) is 4.98 Å². The van der Waals surface area contributed by atoms with Gasteiger partial charge in [-0.15, -0.1) is 0 Å². The fourth-order valence-corrected chi connectivity index (χ4v) is 4.40. The minimum Gasteiger partial charge on any atom is -0.493 e. The molecule has 4 rings (SSSR count). The van der Waals surface area contributed by atoms with E-state index in [1.165, 1.54) is 30.5 Å². The Morgan fingerprint density at radius 2 is 1.72 bits per heavy atom. The van der Waals surface area contributed by atoms with Crippen molar-refractivity contribution in [1.82, 2.24) is 9.55 Å². The van der Waals surface area contributed by atoms with Crippen LogP contribution in [0.1, 0.15) is 10.4 Å². The molecule has 0 bridgehead atoms. The zero-order valence-electron chi connectivity index (χ0n) is 17.4. The third kappa shape index (κ3) is 4.22. The minimum atomic E-state index is -0.246. The number of halogens is 1. The van der Waals surface area contributed by atoms with Crippen LogP contribution in [0.4, 0.5) is 0 Å². The smallest absolute Gasteiger partial charge is 0.266 e. The summed E-state index contributed by atoms with van der Waals surface area (Å²) in [5.74, 6) is 0.953. The minimum absolute atomic E-state index is 0.0741. The maximum Gasteiger partial charge on any atom is 0.266 e. The van der Waals surface area contributed by atoms with Crippen LogP contribution in [-0.4, -0.2) is 35.3 Å². The molecule has 0 spiro atoms. The predicted molar refractivity (Wildman–Crippen MR) is 127 cm³/mol. The van der Waals surface area contributed by atoms with E-state index in [1.54, 1.807) is 60.7 Å². The topological polar surface area (TPSA) is 70.4 Å². The number of benzene rings is 3. The van der Waals surface area contributed by atoms with E-state index in [0.29, 0.717) is 43.8 Å². The van der Waals surface area contributed by atoms with Crippen molar-refractivity contribution in [3.63, 3.8) is 0 Å². The highest BCUT2D eigenvalue weighted by molar-refractivity contribution is 7.99. The number of thioether (sulfide) groups is 1. The lowest BCUT2D eigenvalue weighted by Crippen LogP contribution is -2.22. The highest BCUT2D eigenvalue weighted by atomic mass is 35.5. The first kappa shape index (κ1) is 21.9. The molecule has 0 radical (unpaired) electrons. The number of rotatable bonds is 7. The standard InChI is InChI=1S/C24H19ClN2O4S/c1-30-21-12-11-15(13-22(21)31-2)20(28)14-32-24-26-18-9-5-3-7-16(18)23(29)27(24)19-10-6-4-8-17(19)25/h3-13H,14H2,1-2H3. The molecular weight excluding hydrogens is 448 g/mol. The zero-order chi connectivity index (χ0) is 22.7. The summed E-state index contributed by atoms with van der Waals surface area (Å²) in [6.45, 7) is 0. The van der Waals surface area contributed by atoms with E-state index < -0.39 is 0 Å². The van der Waals surface area contributed by atoms with Crippen LogP contribution in [0.5, 0.6) is 11.5 Å². The lowest BCUT2D eigenvalue weighted by atomic mass is 10.1. The highest BCUT2D eigenvalue weighted by Crippen LogP contribution is 2.29. The second-order valence-corrected chi connectivity index (χ2v) is 8.13. The number of ketones is 1. The molecule has 4 aromatic rings. The van der Waals surface area contributed by atoms with Crippen molar-refractivity contribution in [3.8, 4) is 17.2 Å². The first-order valence-corrected chi connectivity index (χ1v) is 11.0. The van der Waals surface area contributed by atoms with E-state index in [1.807, 2.05) is 6.07 Å². The Morgan fingerprint density at radius 1 is 1.00 bits per heavy atom. The van der Waals surface area contributed by atoms with Crippen LogP contribution in [0, 0.1) is 0 Å². The number of hydrogen-bond donors (Lipinski definition) is 0. The van der Waals surface area contributed by atoms with Gasteiger partial charge in [-0.1, -0.05) is 47.6 Å². The summed E-state index contributed by atoms with van der Waals surface area (Å²) < 4.78 is 12.0. The molecule has 1 heterocycles. The number of ether oxygens (including phenoxy) is 2. The van der Waals surface area contributed by atoms with Gasteiger partial charge in [0.2, 0.25) is 0 Å². The Labute approximate surface area is 193 Å². The van der Waals surface area contributed by atoms with Crippen LogP contribution in [0.2, 0.25) is 5.02 Å². The second kappa shape index (κ2) is 9.46. The van der Waals surface area contributed by atoms with E-state index in [0.717, 1.165) is 0 Å². The summed E-state index contributed by atoms with van der Waals surface area (Å²) in [5.41, 5.74) is 1.30. The lowest BCUT2D eigenvalue weighted by Gasteiger charge is -2.14. The maximum absolute atomic E-state index is 13.3. The number of aromatic nitrogens is 2. The van der Waals surface area contributed by atoms with E-state index in [-0.39, 0.29) is 17.1 Å². The van der Waals surface area contributed by atoms with Gasteiger partial charge >= 0.3 is 0 Å². The molecule has 0 atom stereocenters. The highest BCUT2D eigenvalue weighted by Gasteiger charge is 2.18. The first-order valence-electron chi connectivity index (χ1n) is 9.68. The first-order chi connectivity index (χ1) is 15.5. The Kier molecular flexibility index (Phi) is 6.48. The van der Waals surface area contributed by atoms with Gasteiger partial charge in [0.25, 0.3) is 5.56 Å². The fourth-order valence-electron chi connectivity index (χ4n) is 3.28. The van der Waals surface area contributed by atoms with Gasteiger partial charge < -0.3 is 9.47 Å². The van der Waals surface area contributed by atoms with Gasteiger partial charge in [0.05, 0.1) is 41.6 Å². The predicted octanol–water partition coefficient (Wildman–Crippen LogP) is 5.03. The number of carbonyl (C=O) groups excluding carboxylic acids is 1. The van der Waals surface area contributed by atoms with Gasteiger partial charge in [0.1, 0.15) is 0 Å². The van der Waals surface area contributed by atoms with Crippen LogP contribution < -0.4 is 15.0 Å². The van der Waals surface area contributed by atoms with Gasteiger partial charge in [0.15, 0.2) is 22.4 Å². The monoisotopic (exact) mass is 466 g/mol. The fraction of sp³-hybridized carbons (Fsp3) is 0.125. The van der Waals surface area contributed by atoms with Crippen molar-refractivity contribution in [2.24, 2.45) is 0 Å². The van der Waals surface area contributed by atoms with E-state index in [4.69, 9.17) is 21.1 Å². The van der Waals surface area contributed by atoms with Crippen molar-refractivity contribution in [1.29, 1.82) is 0 Å². The van der Waals surface area contributed by atoms with Crippen LogP contribution in [0.15, 0.2) is 76.7 Å². The quantitative estimate of drug-likeness (QED) is 0.216. The van der Waals surface area contributed by atoms with Gasteiger partial charge in [-0.3, -0.25) is 14.2 Å². The van der Waals surface area contributed by atoms with Gasteiger partial charge in [-0.2, -0.15) is 0 Å². The maximum atomic E-state index is 13.3. The molecule has 0 saturated heterocycles. The third-order valence-corrected chi connectivity index (χ3v) is 6.13. The Balaban J connectivity index is 1.73. The van der Waals surface area contributed by atoms with Crippen molar-refractivity contribution < 1.29 is 14.3 Å². The molecule has 0 aliphatic rings. The second-order valence-electron chi connectivity index (χ2n) is 6.79. The normalized spacial score (nSPS) is 10.8. The molecule has 1 aromatic heterocycles. The largest absolute Gasteiger partial charge is 0.493 e. The Bertz CT molecular complexity index is 1370. The number of para-hydroxylation sites is 2. The molecule has 162 valence electrons. The molecule has 3 aromatic carbocycles. The van der Waals surface area contributed by atoms with Gasteiger partial charge in [-0.25, -0.2) is 4.98 Å². The molecule has 0 unspecified atom stereocenters. The Morgan fingerprint density at radius 3 is 2.47 bits per heavy atom. The number of methoxy groups -OCH3 is 2. The van der Waals surface area contributed by atoms with Gasteiger partial charge in [0, 0.05) is 5.56 Å². The van der Waals surface area contributed by atoms with Crippen LogP contribution in [0.25, 0.3) is 16.6 Å². The number of fused-ring (bicyclic) bond motifs is 1. The van der Waals surface area contributed by atoms with E-state index in [9.17, 15) is 9.59 Å². The molecule has 0 saturated carbocycles. The van der Waals surface area contributed by atoms with Crippen LogP contribution in [-0.2, 0) is 0 Å². The van der Waals surface area contributed by atoms with Crippen molar-refractivity contribution in [2.45, 2.75) is 5.16 Å². The molecule has 0 aliphatic carbocycles. The molecule has 0 fully saturated rings. The number of carbonyl (C=O) groups is 1. The molecule has 6 nitrogen and oxygen atoms in total. The average Bonchev–Trinajstić information content (AvgIpc) is 2.83. The molecule has 0 amide bonds. The number of hydrogen-bond acceptors (Lipinski definition) is 6. The number of nitrogens with zero attached hydrogens (tertiary/aromatic N) is 2. The summed E-state index contributed by atoms with van der Waals surface area (Å²) in [6.07, 6.45) is 0. The van der Waals surface area contributed by atoms with Crippen molar-refractivity contribution in [2.75, 3.05) is 20.0 Å². The average molecular weight is 467 g/mol. The summed E-state index contributed by atoms with van der Waals surface area (Å²) in [7, 11) is 3.05. The number of Topliss-reactive ketones (excluding diaryl/α,β-unsaturated/α-hetero) is 1. The van der Waals surface area contributed by atoms with Crippen molar-refractivity contribution in [3.05, 3.63) is 87.7 Å². The molecule has 0 aliphatic heterocycles. The molecule has 8 heteroatoms. The van der Waals surface area contributed by atoms with E-state index >= 15 is 0 Å². The molecule has 32 heavy (non-hydrogen) atoms. The van der Waals surface area contributed by atoms with Crippen molar-refractivity contribution >= 4 is 40.0 Å². The summed E-state index contributed by atoms with van der Waals surface area (Å²) in [5, 5.41) is 1.28. The van der Waals surface area contributed by atoms with Crippen LogP contribution >= 0.6 is 23.4 Å². The lowest BCUT2D eigenvalue weighted by molar-refractivity contribution is 0.102. The Hall–Kier alpha value is -3.29. The summed E-state index contributed by atoms with van der Waals surface area (Å²) in [6, 6.07) is 19.1. The van der Waals surface area contributed by atoms with Crippen LogP contribution in [0.3, 0.4) is 0 Å². The third-order valence-electron chi connectivity index (χ3n) is 4.88. The molecular formula is C24H19ClN2O4S. The SMILES string of the molecule is COc1ccc(C(=O)CSc2nc3ccccc3c(=O)n2-c2ccccc2Cl)cc1OC. The zero-order valence-corrected chi connectivity index (χ0v) is 18.9. The summed E-state index contributed by atoms with van der Waals surface area (Å²) in [4.78, 5) is 30.8. The molecule has 0 N–H and O–H groups in total. The summed E-state index contributed by atoms with van der Waals surface area (Å²) >= 11 is 7.56.